The first kappa shape index (κ1) is 16.2. The van der Waals surface area contributed by atoms with Crippen LogP contribution < -0.4 is 5.73 Å². The quantitative estimate of drug-likeness (QED) is 0.745. The lowest BCUT2D eigenvalue weighted by atomic mass is 10.4. The maximum absolute atomic E-state index is 9.55. The number of nitrogens with two attached hydrogens (primary N) is 1. The molecule has 2 aromatic rings. The summed E-state index contributed by atoms with van der Waals surface area (Å²) in [5, 5.41) is 20.8. The van der Waals surface area contributed by atoms with Gasteiger partial charge in [-0.1, -0.05) is 11.6 Å². The van der Waals surface area contributed by atoms with E-state index in [2.05, 4.69) is 4.98 Å². The minimum absolute atomic E-state index is 0.558. The third-order valence-electron chi connectivity index (χ3n) is 1.71. The average Bonchev–Trinajstić information content (AvgIpc) is 2.96. The summed E-state index contributed by atoms with van der Waals surface area (Å²) in [5.74, 6) is -2.51. The molecule has 2 rings (SSSR count). The van der Waals surface area contributed by atoms with Gasteiger partial charge in [0.05, 0.1) is 15.6 Å². The van der Waals surface area contributed by atoms with E-state index in [1.807, 2.05) is 16.8 Å². The molecular formula is C11H9ClN2O4S2. The molecule has 0 bridgehead atoms. The molecule has 0 saturated heterocycles. The Labute approximate surface area is 126 Å². The van der Waals surface area contributed by atoms with Gasteiger partial charge in [-0.2, -0.15) is 0 Å². The van der Waals surface area contributed by atoms with E-state index >= 15 is 0 Å². The first-order chi connectivity index (χ1) is 9.38. The van der Waals surface area contributed by atoms with Crippen molar-refractivity contribution in [3.63, 3.8) is 0 Å². The number of anilines is 1. The molecule has 0 aliphatic heterocycles. The topological polar surface area (TPSA) is 114 Å². The number of hydrogen-bond acceptors (Lipinski definition) is 6. The highest BCUT2D eigenvalue weighted by molar-refractivity contribution is 7.16. The van der Waals surface area contributed by atoms with Crippen LogP contribution in [-0.4, -0.2) is 27.1 Å². The molecule has 4 N–H and O–H groups in total. The van der Waals surface area contributed by atoms with Crippen molar-refractivity contribution in [2.24, 2.45) is 0 Å². The molecule has 9 heteroatoms. The van der Waals surface area contributed by atoms with Gasteiger partial charge in [0.1, 0.15) is 0 Å². The molecule has 0 fully saturated rings. The zero-order valence-electron chi connectivity index (χ0n) is 9.82. The van der Waals surface area contributed by atoms with Gasteiger partial charge in [-0.3, -0.25) is 0 Å². The number of carboxylic acid groups (broad SMARTS) is 2. The van der Waals surface area contributed by atoms with Gasteiger partial charge in [0.25, 0.3) is 0 Å². The van der Waals surface area contributed by atoms with Crippen LogP contribution in [-0.2, 0) is 9.59 Å². The van der Waals surface area contributed by atoms with Gasteiger partial charge in [-0.25, -0.2) is 14.6 Å². The van der Waals surface area contributed by atoms with E-state index in [1.54, 1.807) is 11.3 Å². The molecule has 0 spiro atoms. The lowest BCUT2D eigenvalue weighted by Gasteiger charge is -1.85. The summed E-state index contributed by atoms with van der Waals surface area (Å²) in [7, 11) is 0. The van der Waals surface area contributed by atoms with Crippen LogP contribution in [0.4, 0.5) is 5.13 Å². The fraction of sp³-hybridized carbons (Fsp3) is 0. The van der Waals surface area contributed by atoms with Gasteiger partial charge in [0, 0.05) is 22.9 Å². The molecule has 2 heterocycles. The van der Waals surface area contributed by atoms with Crippen molar-refractivity contribution in [2.75, 3.05) is 5.73 Å². The number of halogens is 1. The van der Waals surface area contributed by atoms with E-state index in [0.29, 0.717) is 17.3 Å². The number of aromatic nitrogens is 1. The molecule has 0 aliphatic rings. The zero-order chi connectivity index (χ0) is 15.1. The molecule has 0 aromatic carbocycles. The number of nitrogens with zero attached hydrogens (tertiary/aromatic N) is 1. The molecule has 106 valence electrons. The van der Waals surface area contributed by atoms with E-state index in [1.165, 1.54) is 11.3 Å². The van der Waals surface area contributed by atoms with Crippen LogP contribution in [0.15, 0.2) is 29.0 Å². The number of nitrogen functional groups attached to an aromatic ring is 1. The minimum Gasteiger partial charge on any atom is -0.478 e. The van der Waals surface area contributed by atoms with Gasteiger partial charge in [-0.05, 0) is 6.07 Å². The fourth-order valence-electron chi connectivity index (χ4n) is 0.991. The van der Waals surface area contributed by atoms with Crippen LogP contribution in [0.1, 0.15) is 0 Å². The Morgan fingerprint density at radius 2 is 1.80 bits per heavy atom. The van der Waals surface area contributed by atoms with Crippen LogP contribution in [0.3, 0.4) is 0 Å². The Morgan fingerprint density at radius 1 is 1.20 bits per heavy atom. The predicted octanol–water partition coefficient (Wildman–Crippen LogP) is 2.82. The van der Waals surface area contributed by atoms with Crippen molar-refractivity contribution < 1.29 is 19.8 Å². The minimum atomic E-state index is -1.26. The summed E-state index contributed by atoms with van der Waals surface area (Å²) < 4.78 is 0. The Hall–Kier alpha value is -1.90. The highest BCUT2D eigenvalue weighted by atomic mass is 35.5. The Morgan fingerprint density at radius 3 is 2.15 bits per heavy atom. The molecule has 0 unspecified atom stereocenters. The monoisotopic (exact) mass is 332 g/mol. The maximum Gasteiger partial charge on any atom is 0.328 e. The average molecular weight is 333 g/mol. The number of rotatable bonds is 3. The van der Waals surface area contributed by atoms with Crippen molar-refractivity contribution in [1.82, 2.24) is 4.98 Å². The molecule has 6 nitrogen and oxygen atoms in total. The number of aliphatic carboxylic acids is 2. The summed E-state index contributed by atoms with van der Waals surface area (Å²) in [6.45, 7) is 0. The lowest BCUT2D eigenvalue weighted by Crippen LogP contribution is -1.91. The van der Waals surface area contributed by atoms with Crippen LogP contribution in [0.5, 0.6) is 0 Å². The second-order valence-corrected chi connectivity index (χ2v) is 5.45. The second-order valence-electron chi connectivity index (χ2n) is 3.21. The summed E-state index contributed by atoms with van der Waals surface area (Å²) >= 11 is 8.78. The van der Waals surface area contributed by atoms with Gasteiger partial charge in [0.15, 0.2) is 5.13 Å². The molecule has 0 radical (unpaired) electrons. The SMILES string of the molecule is Nc1nc(-c2cc(Cl)cs2)cs1.O=C(O)/C=C\C(=O)O. The van der Waals surface area contributed by atoms with Crippen LogP contribution in [0, 0.1) is 0 Å². The molecule has 0 atom stereocenters. The lowest BCUT2D eigenvalue weighted by molar-refractivity contribution is -0.134. The third-order valence-corrected chi connectivity index (χ3v) is 3.68. The smallest absolute Gasteiger partial charge is 0.328 e. The van der Waals surface area contributed by atoms with Crippen molar-refractivity contribution in [3.05, 3.63) is 34.0 Å². The summed E-state index contributed by atoms with van der Waals surface area (Å²) in [5.41, 5.74) is 6.41. The molecule has 0 aliphatic carbocycles. The van der Waals surface area contributed by atoms with Crippen LogP contribution >= 0.6 is 34.3 Å². The van der Waals surface area contributed by atoms with E-state index in [0.717, 1.165) is 15.6 Å². The molecule has 2 aromatic heterocycles. The van der Waals surface area contributed by atoms with Gasteiger partial charge in [0.2, 0.25) is 0 Å². The zero-order valence-corrected chi connectivity index (χ0v) is 12.2. The second kappa shape index (κ2) is 7.63. The van der Waals surface area contributed by atoms with Gasteiger partial charge >= 0.3 is 11.9 Å². The van der Waals surface area contributed by atoms with E-state index in [-0.39, 0.29) is 0 Å². The molecule has 0 amide bonds. The largest absolute Gasteiger partial charge is 0.478 e. The van der Waals surface area contributed by atoms with Crippen LogP contribution in [0.2, 0.25) is 5.02 Å². The third kappa shape index (κ3) is 5.83. The Bertz CT molecular complexity index is 582. The van der Waals surface area contributed by atoms with Gasteiger partial charge in [-0.15, -0.1) is 22.7 Å². The number of thiophene rings is 1. The standard InChI is InChI=1S/C7H5ClN2S2.C4H4O4/c8-4-1-6(11-2-4)5-3-12-7(9)10-5;5-3(6)1-2-4(7)8/h1-3H,(H2,9,10);1-2H,(H,5,6)(H,7,8)/b;2-1-. The number of hydrogen-bond donors (Lipinski definition) is 3. The Kier molecular flexibility index (Phi) is 6.16. The first-order valence-electron chi connectivity index (χ1n) is 4.98. The summed E-state index contributed by atoms with van der Waals surface area (Å²) in [6, 6.07) is 1.89. The number of thiazole rings is 1. The molecular weight excluding hydrogens is 324 g/mol. The van der Waals surface area contributed by atoms with Crippen LogP contribution in [0.25, 0.3) is 10.6 Å². The molecule has 0 saturated carbocycles. The Balaban J connectivity index is 0.000000221. The highest BCUT2D eigenvalue weighted by Gasteiger charge is 2.04. The van der Waals surface area contributed by atoms with E-state index in [4.69, 9.17) is 27.5 Å². The van der Waals surface area contributed by atoms with Gasteiger partial charge < -0.3 is 15.9 Å². The van der Waals surface area contributed by atoms with E-state index < -0.39 is 11.9 Å². The maximum atomic E-state index is 9.55. The summed E-state index contributed by atoms with van der Waals surface area (Å²) in [6.07, 6.45) is 1.12. The van der Waals surface area contributed by atoms with Crippen molar-refractivity contribution in [2.45, 2.75) is 0 Å². The highest BCUT2D eigenvalue weighted by Crippen LogP contribution is 2.30. The number of carbonyl (C=O) groups is 2. The summed E-state index contributed by atoms with van der Waals surface area (Å²) in [4.78, 5) is 24.3. The first-order valence-corrected chi connectivity index (χ1v) is 7.11. The number of carboxylic acids is 2. The molecule has 20 heavy (non-hydrogen) atoms. The van der Waals surface area contributed by atoms with Crippen molar-refractivity contribution in [3.8, 4) is 10.6 Å². The van der Waals surface area contributed by atoms with E-state index in [9.17, 15) is 9.59 Å². The predicted molar refractivity (Wildman–Crippen MR) is 79.3 cm³/mol. The fourth-order valence-corrected chi connectivity index (χ4v) is 2.66. The normalized spacial score (nSPS) is 10.1. The van der Waals surface area contributed by atoms with Crippen molar-refractivity contribution in [1.29, 1.82) is 0 Å². The van der Waals surface area contributed by atoms with Crippen molar-refractivity contribution >= 4 is 51.3 Å².